The topological polar surface area (TPSA) is 88.2 Å². The van der Waals surface area contributed by atoms with Crippen molar-refractivity contribution in [3.8, 4) is 21.7 Å². The van der Waals surface area contributed by atoms with E-state index >= 15 is 0 Å². The summed E-state index contributed by atoms with van der Waals surface area (Å²) in [6.07, 6.45) is 1.79. The van der Waals surface area contributed by atoms with E-state index in [4.69, 9.17) is 9.72 Å². The van der Waals surface area contributed by atoms with E-state index in [1.807, 2.05) is 67.6 Å². The summed E-state index contributed by atoms with van der Waals surface area (Å²) in [6, 6.07) is 19.3. The van der Waals surface area contributed by atoms with Gasteiger partial charge >= 0.3 is 6.03 Å². The lowest BCUT2D eigenvalue weighted by Gasteiger charge is -2.13. The van der Waals surface area contributed by atoms with Crippen LogP contribution in [-0.2, 0) is 10.2 Å². The van der Waals surface area contributed by atoms with Gasteiger partial charge in [0.05, 0.1) is 22.2 Å². The molecule has 0 aliphatic rings. The number of amides is 2. The van der Waals surface area contributed by atoms with Crippen LogP contribution in [0.1, 0.15) is 31.3 Å². The summed E-state index contributed by atoms with van der Waals surface area (Å²) < 4.78 is 5.14. The molecule has 37 heavy (non-hydrogen) atoms. The molecule has 0 aliphatic heterocycles. The van der Waals surface area contributed by atoms with Gasteiger partial charge < -0.3 is 20.7 Å². The molecule has 2 amide bonds. The number of hydrogen-bond donors (Lipinski definition) is 3. The summed E-state index contributed by atoms with van der Waals surface area (Å²) >= 11 is 1.67. The summed E-state index contributed by atoms with van der Waals surface area (Å²) in [6.45, 7) is 9.77. The van der Waals surface area contributed by atoms with Crippen molar-refractivity contribution in [2.24, 2.45) is 0 Å². The second-order valence-electron chi connectivity index (χ2n) is 9.82. The minimum Gasteiger partial charge on any atom is -0.383 e. The Morgan fingerprint density at radius 1 is 0.973 bits per heavy atom. The van der Waals surface area contributed by atoms with Crippen LogP contribution in [0.15, 0.2) is 66.9 Å². The van der Waals surface area contributed by atoms with E-state index in [2.05, 4.69) is 41.7 Å². The third kappa shape index (κ3) is 6.93. The number of methoxy groups -OCH3 is 1. The molecule has 2 aromatic carbocycles. The van der Waals surface area contributed by atoms with Gasteiger partial charge in [0.25, 0.3) is 0 Å². The Morgan fingerprint density at radius 2 is 1.73 bits per heavy atom. The minimum atomic E-state index is -0.290. The number of aryl methyl sites for hydroxylation is 1. The number of nitrogens with one attached hydrogen (secondary N) is 3. The highest BCUT2D eigenvalue weighted by molar-refractivity contribution is 7.15. The molecule has 8 heteroatoms. The van der Waals surface area contributed by atoms with Crippen LogP contribution in [0.5, 0.6) is 0 Å². The number of pyridine rings is 1. The second-order valence-corrected chi connectivity index (χ2v) is 10.8. The smallest absolute Gasteiger partial charge is 0.323 e. The zero-order valence-corrected chi connectivity index (χ0v) is 22.7. The Balaban J connectivity index is 1.63. The van der Waals surface area contributed by atoms with Crippen molar-refractivity contribution in [3.63, 3.8) is 0 Å². The SMILES string of the molecule is COCCNc1cc(-c2nc(C(C)(C)C)sc2-c2cccc(NC(=O)Nc3ccc(C)cc3)c2)ccn1. The average molecular weight is 516 g/mol. The van der Waals surface area contributed by atoms with Crippen molar-refractivity contribution in [2.75, 3.05) is 36.2 Å². The number of carbonyl (C=O) groups excluding carboxylic acids is 1. The van der Waals surface area contributed by atoms with E-state index < -0.39 is 0 Å². The number of urea groups is 1. The van der Waals surface area contributed by atoms with E-state index in [1.54, 1.807) is 24.6 Å². The molecular weight excluding hydrogens is 482 g/mol. The number of nitrogens with zero attached hydrogens (tertiary/aromatic N) is 2. The Hall–Kier alpha value is -3.75. The van der Waals surface area contributed by atoms with Crippen molar-refractivity contribution in [1.29, 1.82) is 0 Å². The molecule has 4 aromatic rings. The molecule has 0 saturated heterocycles. The highest BCUT2D eigenvalue weighted by atomic mass is 32.1. The predicted molar refractivity (Wildman–Crippen MR) is 154 cm³/mol. The number of benzene rings is 2. The van der Waals surface area contributed by atoms with Crippen molar-refractivity contribution in [1.82, 2.24) is 9.97 Å². The molecule has 2 heterocycles. The molecule has 0 unspecified atom stereocenters. The van der Waals surface area contributed by atoms with Crippen molar-refractivity contribution in [3.05, 3.63) is 77.4 Å². The van der Waals surface area contributed by atoms with Gasteiger partial charge in [0, 0.05) is 42.2 Å². The van der Waals surface area contributed by atoms with E-state index in [1.165, 1.54) is 0 Å². The van der Waals surface area contributed by atoms with E-state index in [0.29, 0.717) is 18.8 Å². The number of carbonyl (C=O) groups is 1. The summed E-state index contributed by atoms with van der Waals surface area (Å²) in [5, 5.41) is 10.2. The van der Waals surface area contributed by atoms with Crippen LogP contribution in [0.2, 0.25) is 0 Å². The lowest BCUT2D eigenvalue weighted by molar-refractivity contribution is 0.210. The maximum absolute atomic E-state index is 12.6. The van der Waals surface area contributed by atoms with Gasteiger partial charge in [-0.05, 0) is 48.9 Å². The number of ether oxygens (including phenoxy) is 1. The summed E-state index contributed by atoms with van der Waals surface area (Å²) in [4.78, 5) is 23.2. The number of hydrogen-bond acceptors (Lipinski definition) is 6. The van der Waals surface area contributed by atoms with Crippen LogP contribution in [0, 0.1) is 6.92 Å². The molecule has 4 rings (SSSR count). The Morgan fingerprint density at radius 3 is 2.46 bits per heavy atom. The van der Waals surface area contributed by atoms with Crippen LogP contribution < -0.4 is 16.0 Å². The molecule has 0 radical (unpaired) electrons. The predicted octanol–water partition coefficient (Wildman–Crippen LogP) is 7.18. The first kappa shape index (κ1) is 26.3. The molecule has 192 valence electrons. The first-order valence-electron chi connectivity index (χ1n) is 12.2. The number of aromatic nitrogens is 2. The van der Waals surface area contributed by atoms with Crippen LogP contribution in [0.25, 0.3) is 21.7 Å². The Bertz CT molecular complexity index is 1360. The first-order valence-corrected chi connectivity index (χ1v) is 13.0. The van der Waals surface area contributed by atoms with Gasteiger partial charge in [0.1, 0.15) is 5.82 Å². The van der Waals surface area contributed by atoms with Gasteiger partial charge in [-0.3, -0.25) is 0 Å². The standard InChI is InChI=1S/C29H33N5O2S/c1-19-9-11-22(12-10-19)32-28(35)33-23-8-6-7-21(17-23)26-25(34-27(37-26)29(2,3)4)20-13-14-30-24(18-20)31-15-16-36-5/h6-14,17-18H,15-16H2,1-5H3,(H,30,31)(H2,32,33,35). The van der Waals surface area contributed by atoms with Gasteiger partial charge in [-0.15, -0.1) is 11.3 Å². The summed E-state index contributed by atoms with van der Waals surface area (Å²) in [5.74, 6) is 0.772. The molecule has 0 atom stereocenters. The van der Waals surface area contributed by atoms with Crippen molar-refractivity contribution >= 4 is 34.6 Å². The van der Waals surface area contributed by atoms with E-state index in [-0.39, 0.29) is 11.4 Å². The lowest BCUT2D eigenvalue weighted by atomic mass is 9.98. The molecule has 0 saturated carbocycles. The summed E-state index contributed by atoms with van der Waals surface area (Å²) in [7, 11) is 1.68. The molecule has 0 fully saturated rings. The maximum atomic E-state index is 12.6. The number of anilines is 3. The normalized spacial score (nSPS) is 11.3. The highest BCUT2D eigenvalue weighted by Gasteiger charge is 2.23. The third-order valence-electron chi connectivity index (χ3n) is 5.61. The van der Waals surface area contributed by atoms with Gasteiger partial charge in [-0.25, -0.2) is 14.8 Å². The molecule has 0 aliphatic carbocycles. The van der Waals surface area contributed by atoms with E-state index in [0.717, 1.165) is 43.8 Å². The van der Waals surface area contributed by atoms with Gasteiger partial charge in [-0.1, -0.05) is 50.6 Å². The van der Waals surface area contributed by atoms with Gasteiger partial charge in [-0.2, -0.15) is 0 Å². The fourth-order valence-corrected chi connectivity index (χ4v) is 4.80. The zero-order chi connectivity index (χ0) is 26.4. The number of thiazole rings is 1. The minimum absolute atomic E-state index is 0.103. The van der Waals surface area contributed by atoms with E-state index in [9.17, 15) is 4.79 Å². The monoisotopic (exact) mass is 515 g/mol. The quantitative estimate of drug-likeness (QED) is 0.216. The molecular formula is C29H33N5O2S. The first-order chi connectivity index (χ1) is 17.7. The Kier molecular flexibility index (Phi) is 8.21. The molecule has 7 nitrogen and oxygen atoms in total. The largest absolute Gasteiger partial charge is 0.383 e. The maximum Gasteiger partial charge on any atom is 0.323 e. The molecule has 0 bridgehead atoms. The van der Waals surface area contributed by atoms with Crippen LogP contribution in [-0.4, -0.2) is 36.3 Å². The second kappa shape index (κ2) is 11.5. The molecule has 3 N–H and O–H groups in total. The Labute approximate surface area is 222 Å². The lowest BCUT2D eigenvalue weighted by Crippen LogP contribution is -2.19. The molecule has 0 spiro atoms. The van der Waals surface area contributed by atoms with Crippen molar-refractivity contribution in [2.45, 2.75) is 33.1 Å². The average Bonchev–Trinajstić information content (AvgIpc) is 3.33. The van der Waals surface area contributed by atoms with Crippen LogP contribution in [0.3, 0.4) is 0 Å². The zero-order valence-electron chi connectivity index (χ0n) is 21.9. The summed E-state index contributed by atoms with van der Waals surface area (Å²) in [5.41, 5.74) is 5.35. The van der Waals surface area contributed by atoms with Crippen LogP contribution >= 0.6 is 11.3 Å². The van der Waals surface area contributed by atoms with Crippen LogP contribution in [0.4, 0.5) is 22.0 Å². The van der Waals surface area contributed by atoms with Crippen molar-refractivity contribution < 1.29 is 9.53 Å². The fraction of sp³-hybridized carbons (Fsp3) is 0.276. The highest BCUT2D eigenvalue weighted by Crippen LogP contribution is 2.41. The molecule has 2 aromatic heterocycles. The van der Waals surface area contributed by atoms with Gasteiger partial charge in [0.15, 0.2) is 0 Å². The van der Waals surface area contributed by atoms with Gasteiger partial charge in [0.2, 0.25) is 0 Å². The fourth-order valence-electron chi connectivity index (χ4n) is 3.66. The third-order valence-corrected chi connectivity index (χ3v) is 7.14. The number of rotatable bonds is 8.